The zero-order chi connectivity index (χ0) is 17.7. The molecular weight excluding hydrogens is 306 g/mol. The molecule has 1 amide bonds. The molecule has 24 heavy (non-hydrogen) atoms. The summed E-state index contributed by atoms with van der Waals surface area (Å²) in [6.07, 6.45) is 1.09. The summed E-state index contributed by atoms with van der Waals surface area (Å²) >= 11 is 0. The molecule has 5 heteroatoms. The number of nitrogens with zero attached hydrogens (tertiary/aromatic N) is 1. The highest BCUT2D eigenvalue weighted by Crippen LogP contribution is 2.28. The Kier molecular flexibility index (Phi) is 6.23. The number of likely N-dealkylation sites (tertiary alicyclic amines) is 1. The van der Waals surface area contributed by atoms with Crippen LogP contribution in [0.1, 0.15) is 51.5 Å². The first-order chi connectivity index (χ1) is 11.4. The van der Waals surface area contributed by atoms with Crippen LogP contribution in [0.4, 0.5) is 0 Å². The summed E-state index contributed by atoms with van der Waals surface area (Å²) in [5.74, 6) is -0.0684. The number of piperidine rings is 1. The van der Waals surface area contributed by atoms with E-state index in [1.165, 1.54) is 0 Å². The van der Waals surface area contributed by atoms with Crippen molar-refractivity contribution in [3.05, 3.63) is 29.8 Å². The van der Waals surface area contributed by atoms with Gasteiger partial charge in [-0.15, -0.1) is 0 Å². The SMILES string of the molecule is CC[C@H](Oc1ccccc1C(C)C)C(=O)N1CCC(C(=O)O)CC1. The van der Waals surface area contributed by atoms with E-state index >= 15 is 0 Å². The van der Waals surface area contributed by atoms with Crippen LogP contribution in [0.5, 0.6) is 5.75 Å². The zero-order valence-corrected chi connectivity index (χ0v) is 14.7. The monoisotopic (exact) mass is 333 g/mol. The number of carbonyl (C=O) groups excluding carboxylic acids is 1. The fourth-order valence-corrected chi connectivity index (χ4v) is 3.08. The largest absolute Gasteiger partial charge is 0.481 e. The van der Waals surface area contributed by atoms with E-state index in [2.05, 4.69) is 13.8 Å². The maximum absolute atomic E-state index is 12.7. The molecule has 0 spiro atoms. The van der Waals surface area contributed by atoms with E-state index in [9.17, 15) is 9.59 Å². The molecule has 0 saturated carbocycles. The summed E-state index contributed by atoms with van der Waals surface area (Å²) in [5, 5.41) is 9.07. The number of hydrogen-bond donors (Lipinski definition) is 1. The number of aliphatic carboxylic acids is 1. The molecule has 1 aliphatic heterocycles. The Morgan fingerprint density at radius 2 is 1.88 bits per heavy atom. The summed E-state index contributed by atoms with van der Waals surface area (Å²) in [7, 11) is 0. The van der Waals surface area contributed by atoms with Crippen molar-refractivity contribution in [1.29, 1.82) is 0 Å². The Morgan fingerprint density at radius 1 is 1.25 bits per heavy atom. The van der Waals surface area contributed by atoms with Gasteiger partial charge in [-0.2, -0.15) is 0 Å². The molecule has 1 aromatic carbocycles. The Balaban J connectivity index is 2.04. The van der Waals surface area contributed by atoms with E-state index in [4.69, 9.17) is 9.84 Å². The van der Waals surface area contributed by atoms with Gasteiger partial charge < -0.3 is 14.7 Å². The maximum atomic E-state index is 12.7. The average Bonchev–Trinajstić information content (AvgIpc) is 2.59. The molecule has 0 radical (unpaired) electrons. The minimum absolute atomic E-state index is 0.0418. The molecule has 1 heterocycles. The first-order valence-electron chi connectivity index (χ1n) is 8.71. The molecule has 0 bridgehead atoms. The fourth-order valence-electron chi connectivity index (χ4n) is 3.08. The number of benzene rings is 1. The molecule has 0 unspecified atom stereocenters. The molecule has 5 nitrogen and oxygen atoms in total. The number of carbonyl (C=O) groups is 2. The van der Waals surface area contributed by atoms with Crippen LogP contribution in [-0.4, -0.2) is 41.1 Å². The van der Waals surface area contributed by atoms with Crippen LogP contribution >= 0.6 is 0 Å². The lowest BCUT2D eigenvalue weighted by molar-refractivity contribution is -0.147. The molecule has 1 aromatic rings. The normalized spacial score (nSPS) is 16.9. The molecule has 1 fully saturated rings. The molecule has 2 rings (SSSR count). The Hall–Kier alpha value is -2.04. The predicted molar refractivity (Wildman–Crippen MR) is 92.2 cm³/mol. The molecule has 1 N–H and O–H groups in total. The third-order valence-corrected chi connectivity index (χ3v) is 4.61. The second-order valence-corrected chi connectivity index (χ2v) is 6.65. The van der Waals surface area contributed by atoms with Gasteiger partial charge in [-0.25, -0.2) is 0 Å². The van der Waals surface area contributed by atoms with Crippen molar-refractivity contribution < 1.29 is 19.4 Å². The number of ether oxygens (including phenoxy) is 1. The standard InChI is InChI=1S/C19H27NO4/c1-4-16(24-17-8-6-5-7-15(17)13(2)3)18(21)20-11-9-14(10-12-20)19(22)23/h5-8,13-14,16H,4,9-12H2,1-3H3,(H,22,23)/t16-/m0/s1. The summed E-state index contributed by atoms with van der Waals surface area (Å²) in [6, 6.07) is 7.82. The Bertz CT molecular complexity index is 576. The molecule has 0 aliphatic carbocycles. The first-order valence-corrected chi connectivity index (χ1v) is 8.71. The third kappa shape index (κ3) is 4.28. The molecule has 1 saturated heterocycles. The maximum Gasteiger partial charge on any atom is 0.306 e. The van der Waals surface area contributed by atoms with Crippen molar-refractivity contribution in [2.24, 2.45) is 5.92 Å². The van der Waals surface area contributed by atoms with Gasteiger partial charge in [0.25, 0.3) is 5.91 Å². The van der Waals surface area contributed by atoms with Crippen molar-refractivity contribution in [3.63, 3.8) is 0 Å². The van der Waals surface area contributed by atoms with Crippen LogP contribution in [0, 0.1) is 5.92 Å². The fraction of sp³-hybridized carbons (Fsp3) is 0.579. The second kappa shape index (κ2) is 8.18. The van der Waals surface area contributed by atoms with E-state index in [0.717, 1.165) is 11.3 Å². The topological polar surface area (TPSA) is 66.8 Å². The Morgan fingerprint density at radius 3 is 2.42 bits per heavy atom. The van der Waals surface area contributed by atoms with Gasteiger partial charge in [0.15, 0.2) is 6.10 Å². The van der Waals surface area contributed by atoms with E-state index in [1.807, 2.05) is 31.2 Å². The number of hydrogen-bond acceptors (Lipinski definition) is 3. The van der Waals surface area contributed by atoms with E-state index in [1.54, 1.807) is 4.90 Å². The van der Waals surface area contributed by atoms with Crippen molar-refractivity contribution in [2.75, 3.05) is 13.1 Å². The van der Waals surface area contributed by atoms with Crippen molar-refractivity contribution >= 4 is 11.9 Å². The van der Waals surface area contributed by atoms with Gasteiger partial charge in [0.1, 0.15) is 5.75 Å². The molecule has 1 atom stereocenters. The van der Waals surface area contributed by atoms with Gasteiger partial charge >= 0.3 is 5.97 Å². The smallest absolute Gasteiger partial charge is 0.306 e. The minimum atomic E-state index is -0.767. The number of para-hydroxylation sites is 1. The highest BCUT2D eigenvalue weighted by molar-refractivity contribution is 5.81. The molecule has 0 aromatic heterocycles. The zero-order valence-electron chi connectivity index (χ0n) is 14.7. The first kappa shape index (κ1) is 18.3. The average molecular weight is 333 g/mol. The quantitative estimate of drug-likeness (QED) is 0.867. The predicted octanol–water partition coefficient (Wildman–Crippen LogP) is 3.29. The van der Waals surface area contributed by atoms with Gasteiger partial charge in [-0.3, -0.25) is 9.59 Å². The van der Waals surface area contributed by atoms with E-state index < -0.39 is 12.1 Å². The third-order valence-electron chi connectivity index (χ3n) is 4.61. The lowest BCUT2D eigenvalue weighted by atomic mass is 9.96. The lowest BCUT2D eigenvalue weighted by Gasteiger charge is -2.33. The van der Waals surface area contributed by atoms with Gasteiger partial charge in [-0.05, 0) is 36.8 Å². The van der Waals surface area contributed by atoms with Gasteiger partial charge in [0, 0.05) is 13.1 Å². The van der Waals surface area contributed by atoms with Crippen LogP contribution in [0.2, 0.25) is 0 Å². The lowest BCUT2D eigenvalue weighted by Crippen LogP contribution is -2.46. The van der Waals surface area contributed by atoms with Crippen LogP contribution in [0.15, 0.2) is 24.3 Å². The molecule has 1 aliphatic rings. The van der Waals surface area contributed by atoms with Crippen LogP contribution < -0.4 is 4.74 Å². The Labute approximate surface area is 143 Å². The summed E-state index contributed by atoms with van der Waals surface area (Å²) in [4.78, 5) is 25.5. The van der Waals surface area contributed by atoms with Crippen molar-refractivity contribution in [1.82, 2.24) is 4.90 Å². The van der Waals surface area contributed by atoms with Crippen LogP contribution in [0.25, 0.3) is 0 Å². The molecular formula is C19H27NO4. The van der Waals surface area contributed by atoms with Gasteiger partial charge in [0.2, 0.25) is 0 Å². The number of carboxylic acid groups (broad SMARTS) is 1. The van der Waals surface area contributed by atoms with Gasteiger partial charge in [0.05, 0.1) is 5.92 Å². The highest BCUT2D eigenvalue weighted by atomic mass is 16.5. The minimum Gasteiger partial charge on any atom is -0.481 e. The van der Waals surface area contributed by atoms with Crippen LogP contribution in [0.3, 0.4) is 0 Å². The van der Waals surface area contributed by atoms with Crippen molar-refractivity contribution in [2.45, 2.75) is 52.1 Å². The second-order valence-electron chi connectivity index (χ2n) is 6.65. The molecule has 132 valence electrons. The van der Waals surface area contributed by atoms with E-state index in [0.29, 0.717) is 38.3 Å². The van der Waals surface area contributed by atoms with Crippen LogP contribution in [-0.2, 0) is 9.59 Å². The summed E-state index contributed by atoms with van der Waals surface area (Å²) in [6.45, 7) is 7.11. The van der Waals surface area contributed by atoms with Gasteiger partial charge in [-0.1, -0.05) is 39.0 Å². The van der Waals surface area contributed by atoms with Crippen molar-refractivity contribution in [3.8, 4) is 5.75 Å². The van der Waals surface area contributed by atoms with E-state index in [-0.39, 0.29) is 11.8 Å². The summed E-state index contributed by atoms with van der Waals surface area (Å²) < 4.78 is 6.04. The highest BCUT2D eigenvalue weighted by Gasteiger charge is 2.31. The summed E-state index contributed by atoms with van der Waals surface area (Å²) in [5.41, 5.74) is 1.09. The number of rotatable bonds is 6. The number of amides is 1. The number of carboxylic acids is 1.